The topological polar surface area (TPSA) is 17.1 Å². The van der Waals surface area contributed by atoms with Crippen molar-refractivity contribution in [3.05, 3.63) is 23.3 Å². The number of halogens is 1. The highest BCUT2D eigenvalue weighted by molar-refractivity contribution is 6.64. The van der Waals surface area contributed by atoms with Gasteiger partial charge in [-0.15, -0.1) is 0 Å². The molecule has 1 nitrogen and oxygen atoms in total. The number of hydrogen-bond donors (Lipinski definition) is 0. The van der Waals surface area contributed by atoms with Crippen molar-refractivity contribution in [1.29, 1.82) is 0 Å². The lowest BCUT2D eigenvalue weighted by Gasteiger charge is -2.57. The van der Waals surface area contributed by atoms with E-state index in [2.05, 4.69) is 39.8 Å². The van der Waals surface area contributed by atoms with E-state index in [1.54, 1.807) is 11.1 Å². The third-order valence-electron chi connectivity index (χ3n) is 7.03. The highest BCUT2D eigenvalue weighted by atomic mass is 35.5. The van der Waals surface area contributed by atoms with Crippen LogP contribution in [0.25, 0.3) is 0 Å². The molecule has 0 aromatic heterocycles. The molecule has 2 heteroatoms. The van der Waals surface area contributed by atoms with Gasteiger partial charge in [0.25, 0.3) is 0 Å². The van der Waals surface area contributed by atoms with E-state index >= 15 is 0 Å². The minimum Gasteiger partial charge on any atom is -0.281 e. The quantitative estimate of drug-likeness (QED) is 0.580. The van der Waals surface area contributed by atoms with Crippen LogP contribution in [-0.4, -0.2) is 5.24 Å². The smallest absolute Gasteiger partial charge is 0.227 e. The fourth-order valence-electron chi connectivity index (χ4n) is 5.58. The standard InChI is InChI=1S/C20H29ClO/c1-13(2)14-6-8-16-15(12-14)7-9-17-19(16,3)10-5-11-20(17,4)18(21)22/h7,12-13,16-17H,5-6,8-11H2,1-4H3/t16-,17?,19-,20+/m1/s1. The first kappa shape index (κ1) is 16.3. The normalized spacial score (nSPS) is 41.4. The Morgan fingerprint density at radius 3 is 2.68 bits per heavy atom. The average molecular weight is 321 g/mol. The molecular formula is C20H29ClO. The fourth-order valence-corrected chi connectivity index (χ4v) is 5.81. The van der Waals surface area contributed by atoms with Gasteiger partial charge in [0.05, 0.1) is 0 Å². The molecule has 1 saturated carbocycles. The number of carbonyl (C=O) groups is 1. The van der Waals surface area contributed by atoms with Gasteiger partial charge in [-0.05, 0) is 72.4 Å². The number of rotatable bonds is 2. The van der Waals surface area contributed by atoms with E-state index in [0.29, 0.717) is 17.8 Å². The van der Waals surface area contributed by atoms with Crippen LogP contribution >= 0.6 is 11.6 Å². The van der Waals surface area contributed by atoms with Gasteiger partial charge in [-0.2, -0.15) is 0 Å². The second kappa shape index (κ2) is 5.51. The zero-order valence-corrected chi connectivity index (χ0v) is 15.2. The van der Waals surface area contributed by atoms with Crippen LogP contribution in [0.4, 0.5) is 0 Å². The lowest BCUT2D eigenvalue weighted by molar-refractivity contribution is -0.133. The summed E-state index contributed by atoms with van der Waals surface area (Å²) in [6.07, 6.45) is 11.7. The number of carbonyl (C=O) groups excluding carboxylic acids is 1. The van der Waals surface area contributed by atoms with Crippen LogP contribution in [0.15, 0.2) is 23.3 Å². The first-order valence-corrected chi connectivity index (χ1v) is 9.27. The van der Waals surface area contributed by atoms with Crippen molar-refractivity contribution in [3.63, 3.8) is 0 Å². The Morgan fingerprint density at radius 2 is 2.05 bits per heavy atom. The molecule has 22 heavy (non-hydrogen) atoms. The first-order chi connectivity index (χ1) is 10.3. The molecule has 3 rings (SSSR count). The molecule has 0 bridgehead atoms. The van der Waals surface area contributed by atoms with Crippen molar-refractivity contribution in [3.8, 4) is 0 Å². The minimum atomic E-state index is -0.335. The lowest BCUT2D eigenvalue weighted by atomic mass is 9.47. The highest BCUT2D eigenvalue weighted by Gasteiger charge is 2.56. The second-order valence-electron chi connectivity index (χ2n) is 8.51. The van der Waals surface area contributed by atoms with E-state index in [0.717, 1.165) is 19.3 Å². The lowest BCUT2D eigenvalue weighted by Crippen LogP contribution is -2.52. The van der Waals surface area contributed by atoms with E-state index in [-0.39, 0.29) is 16.1 Å². The van der Waals surface area contributed by atoms with Gasteiger partial charge < -0.3 is 0 Å². The van der Waals surface area contributed by atoms with Crippen molar-refractivity contribution in [2.24, 2.45) is 28.6 Å². The van der Waals surface area contributed by atoms with Crippen LogP contribution in [0.5, 0.6) is 0 Å². The van der Waals surface area contributed by atoms with E-state index < -0.39 is 0 Å². The largest absolute Gasteiger partial charge is 0.281 e. The Morgan fingerprint density at radius 1 is 1.32 bits per heavy atom. The van der Waals surface area contributed by atoms with Gasteiger partial charge in [0.1, 0.15) is 0 Å². The van der Waals surface area contributed by atoms with Crippen molar-refractivity contribution in [2.45, 2.75) is 66.2 Å². The Balaban J connectivity index is 2.00. The molecule has 0 aliphatic heterocycles. The van der Waals surface area contributed by atoms with Crippen LogP contribution in [0, 0.1) is 28.6 Å². The average Bonchev–Trinajstić information content (AvgIpc) is 2.46. The number of allylic oxidation sites excluding steroid dienone is 4. The van der Waals surface area contributed by atoms with Crippen molar-refractivity contribution in [2.75, 3.05) is 0 Å². The summed E-state index contributed by atoms with van der Waals surface area (Å²) in [6, 6.07) is 0. The van der Waals surface area contributed by atoms with Crippen LogP contribution in [0.1, 0.15) is 66.2 Å². The van der Waals surface area contributed by atoms with E-state index in [9.17, 15) is 4.79 Å². The SMILES string of the molecule is CC(C)C1=CC2=CCC3[C@](C)(CCC[C@]3(C)C(=O)Cl)[C@@H]2CC1. The zero-order chi connectivity index (χ0) is 16.1. The summed E-state index contributed by atoms with van der Waals surface area (Å²) in [7, 11) is 0. The van der Waals surface area contributed by atoms with Gasteiger partial charge >= 0.3 is 0 Å². The summed E-state index contributed by atoms with van der Waals surface area (Å²) in [5.41, 5.74) is 3.04. The molecule has 1 unspecified atom stereocenters. The predicted molar refractivity (Wildman–Crippen MR) is 92.8 cm³/mol. The Bertz CT molecular complexity index is 544. The molecule has 0 aromatic rings. The minimum absolute atomic E-state index is 0.116. The molecule has 0 aromatic carbocycles. The van der Waals surface area contributed by atoms with Crippen LogP contribution in [0.2, 0.25) is 0 Å². The second-order valence-corrected chi connectivity index (χ2v) is 8.85. The molecule has 3 aliphatic carbocycles. The predicted octanol–water partition coefficient (Wildman–Crippen LogP) is 5.89. The van der Waals surface area contributed by atoms with E-state index in [4.69, 9.17) is 11.6 Å². The van der Waals surface area contributed by atoms with Gasteiger partial charge in [0.2, 0.25) is 5.24 Å². The molecule has 4 atom stereocenters. The van der Waals surface area contributed by atoms with E-state index in [1.807, 2.05) is 0 Å². The summed E-state index contributed by atoms with van der Waals surface area (Å²) in [6.45, 7) is 9.13. The van der Waals surface area contributed by atoms with Crippen LogP contribution < -0.4 is 0 Å². The molecule has 0 N–H and O–H groups in total. The molecule has 0 radical (unpaired) electrons. The van der Waals surface area contributed by atoms with Gasteiger partial charge in [0.15, 0.2) is 0 Å². The van der Waals surface area contributed by atoms with Crippen molar-refractivity contribution in [1.82, 2.24) is 0 Å². The molecule has 0 spiro atoms. The van der Waals surface area contributed by atoms with Crippen LogP contribution in [0.3, 0.4) is 0 Å². The first-order valence-electron chi connectivity index (χ1n) is 8.89. The number of hydrogen-bond acceptors (Lipinski definition) is 1. The molecule has 122 valence electrons. The maximum atomic E-state index is 12.2. The molecule has 0 amide bonds. The van der Waals surface area contributed by atoms with Crippen LogP contribution in [-0.2, 0) is 4.79 Å². The van der Waals surface area contributed by atoms with Crippen molar-refractivity contribution >= 4 is 16.8 Å². The Hall–Kier alpha value is -0.560. The molecule has 1 fully saturated rings. The van der Waals surface area contributed by atoms with Crippen molar-refractivity contribution < 1.29 is 4.79 Å². The summed E-state index contributed by atoms with van der Waals surface area (Å²) < 4.78 is 0. The third kappa shape index (κ3) is 2.31. The van der Waals surface area contributed by atoms with E-state index in [1.165, 1.54) is 19.3 Å². The third-order valence-corrected chi connectivity index (χ3v) is 7.46. The maximum absolute atomic E-state index is 12.2. The summed E-state index contributed by atoms with van der Waals surface area (Å²) >= 11 is 6.05. The summed E-state index contributed by atoms with van der Waals surface area (Å²) in [5, 5.41) is -0.116. The van der Waals surface area contributed by atoms with Gasteiger partial charge in [-0.25, -0.2) is 0 Å². The molecule has 3 aliphatic rings. The zero-order valence-electron chi connectivity index (χ0n) is 14.4. The molecule has 0 saturated heterocycles. The fraction of sp³-hybridized carbons (Fsp3) is 0.750. The Kier molecular flexibility index (Phi) is 4.08. The number of fused-ring (bicyclic) bond motifs is 3. The molecule has 0 heterocycles. The Labute approximate surface area is 140 Å². The van der Waals surface area contributed by atoms with Gasteiger partial charge in [0, 0.05) is 5.41 Å². The molecular weight excluding hydrogens is 292 g/mol. The monoisotopic (exact) mass is 320 g/mol. The van der Waals surface area contributed by atoms with Gasteiger partial charge in [-0.3, -0.25) is 4.79 Å². The summed E-state index contributed by atoms with van der Waals surface area (Å²) in [5.74, 6) is 1.67. The maximum Gasteiger partial charge on any atom is 0.227 e. The highest BCUT2D eigenvalue weighted by Crippen LogP contribution is 2.62. The van der Waals surface area contributed by atoms with Gasteiger partial charge in [-0.1, -0.05) is 51.8 Å². The summed E-state index contributed by atoms with van der Waals surface area (Å²) in [4.78, 5) is 12.2.